The molecule has 1 N–H and O–H groups in total. The lowest BCUT2D eigenvalue weighted by atomic mass is 9.71. The van der Waals surface area contributed by atoms with Crippen molar-refractivity contribution in [1.82, 2.24) is 5.32 Å². The monoisotopic (exact) mass is 569 g/mol. The fourth-order valence-electron chi connectivity index (χ4n) is 5.20. The Morgan fingerprint density at radius 2 is 1.56 bits per heavy atom. The average Bonchev–Trinajstić information content (AvgIpc) is 2.83. The fraction of sp³-hybridized carbons (Fsp3) is 0.357. The van der Waals surface area contributed by atoms with Crippen LogP contribution in [0.4, 0.5) is 0 Å². The molecule has 1 aliphatic heterocycles. The molecular weight excluding hydrogens is 541 g/mol. The van der Waals surface area contributed by atoms with Crippen LogP contribution in [0.2, 0.25) is 0 Å². The number of ether oxygens (including phenoxy) is 2. The second-order valence-electron chi connectivity index (χ2n) is 8.93. The molecule has 0 aromatic heterocycles. The van der Waals surface area contributed by atoms with Crippen molar-refractivity contribution in [3.63, 3.8) is 0 Å². The minimum absolute atomic E-state index is 0.140. The highest BCUT2D eigenvalue weighted by Crippen LogP contribution is 2.47. The van der Waals surface area contributed by atoms with Crippen LogP contribution < -0.4 is 14.8 Å². The van der Waals surface area contributed by atoms with Gasteiger partial charge in [-0.25, -0.2) is 0 Å². The predicted molar refractivity (Wildman–Crippen MR) is 139 cm³/mol. The Morgan fingerprint density at radius 3 is 2.18 bits per heavy atom. The molecule has 6 heteroatoms. The number of carbonyl (C=O) groups excluding carboxylic acids is 2. The molecule has 0 bridgehead atoms. The van der Waals surface area contributed by atoms with Crippen molar-refractivity contribution < 1.29 is 19.1 Å². The average molecular weight is 569 g/mol. The third-order valence-corrected chi connectivity index (χ3v) is 7.48. The van der Waals surface area contributed by atoms with Crippen LogP contribution in [0.25, 0.3) is 0 Å². The van der Waals surface area contributed by atoms with Gasteiger partial charge in [-0.3, -0.25) is 9.59 Å². The van der Waals surface area contributed by atoms with Gasteiger partial charge in [0, 0.05) is 41.3 Å². The van der Waals surface area contributed by atoms with E-state index in [2.05, 4.69) is 34.0 Å². The first-order valence-electron chi connectivity index (χ1n) is 12.0. The number of hydrogen-bond donors (Lipinski definition) is 1. The molecule has 0 saturated carbocycles. The third kappa shape index (κ3) is 4.40. The summed E-state index contributed by atoms with van der Waals surface area (Å²) < 4.78 is 13.1. The number of Topliss-reactive ketones (excluding diaryl/α,β-unsaturated/α-hetero) is 2. The molecule has 0 unspecified atom stereocenters. The topological polar surface area (TPSA) is 64.6 Å². The van der Waals surface area contributed by atoms with Crippen molar-refractivity contribution in [2.75, 3.05) is 6.61 Å². The first-order chi connectivity index (χ1) is 16.6. The maximum Gasteiger partial charge on any atom is 0.174 e. The number of ketones is 2. The number of carbonyl (C=O) groups is 2. The summed E-state index contributed by atoms with van der Waals surface area (Å²) in [5.74, 6) is 1.27. The molecule has 2 aromatic carbocycles. The first kappa shape index (κ1) is 23.1. The zero-order valence-corrected chi connectivity index (χ0v) is 21.4. The van der Waals surface area contributed by atoms with Crippen molar-refractivity contribution in [3.05, 3.63) is 79.7 Å². The lowest BCUT2D eigenvalue weighted by Crippen LogP contribution is -2.36. The summed E-state index contributed by atoms with van der Waals surface area (Å²) in [6, 6.07) is 14.1. The van der Waals surface area contributed by atoms with Crippen LogP contribution in [0.3, 0.4) is 0 Å². The Morgan fingerprint density at radius 1 is 0.912 bits per heavy atom. The van der Waals surface area contributed by atoms with Gasteiger partial charge in [0.1, 0.15) is 6.61 Å². The summed E-state index contributed by atoms with van der Waals surface area (Å²) in [5, 5.41) is 3.48. The normalized spacial score (nSPS) is 18.4. The third-order valence-electron chi connectivity index (χ3n) is 6.68. The highest BCUT2D eigenvalue weighted by molar-refractivity contribution is 14.1. The van der Waals surface area contributed by atoms with E-state index < -0.39 is 0 Å². The van der Waals surface area contributed by atoms with Crippen LogP contribution in [0, 0.1) is 3.57 Å². The highest BCUT2D eigenvalue weighted by Gasteiger charge is 2.40. The molecule has 5 nitrogen and oxygen atoms in total. The van der Waals surface area contributed by atoms with Gasteiger partial charge in [0.25, 0.3) is 0 Å². The summed E-state index contributed by atoms with van der Waals surface area (Å²) in [6.45, 7) is 2.88. The zero-order valence-electron chi connectivity index (χ0n) is 19.3. The molecule has 5 rings (SSSR count). The molecule has 0 amide bonds. The minimum atomic E-state index is -0.345. The van der Waals surface area contributed by atoms with E-state index in [4.69, 9.17) is 9.47 Å². The molecule has 2 aliphatic carbocycles. The van der Waals surface area contributed by atoms with Crippen LogP contribution in [0.5, 0.6) is 11.5 Å². The number of halogens is 1. The van der Waals surface area contributed by atoms with Crippen molar-refractivity contribution in [2.45, 2.75) is 58.0 Å². The van der Waals surface area contributed by atoms with Crippen LogP contribution in [0.15, 0.2) is 65.0 Å². The molecule has 0 radical (unpaired) electrons. The van der Waals surface area contributed by atoms with Gasteiger partial charge in [0.2, 0.25) is 0 Å². The largest absolute Gasteiger partial charge is 0.490 e. The molecule has 0 atom stereocenters. The van der Waals surface area contributed by atoms with E-state index in [1.54, 1.807) is 0 Å². The van der Waals surface area contributed by atoms with Gasteiger partial charge in [-0.2, -0.15) is 0 Å². The predicted octanol–water partition coefficient (Wildman–Crippen LogP) is 5.97. The molecule has 3 aliphatic rings. The number of nitrogens with one attached hydrogen (secondary N) is 1. The van der Waals surface area contributed by atoms with Crippen molar-refractivity contribution in [1.29, 1.82) is 0 Å². The summed E-state index contributed by atoms with van der Waals surface area (Å²) in [5.41, 5.74) is 5.51. The lowest BCUT2D eigenvalue weighted by molar-refractivity contribution is -0.116. The molecular formula is C28H28INO4. The van der Waals surface area contributed by atoms with Gasteiger partial charge in [0.15, 0.2) is 23.1 Å². The van der Waals surface area contributed by atoms with Crippen LogP contribution in [-0.2, 0) is 16.2 Å². The second-order valence-corrected chi connectivity index (χ2v) is 10.1. The van der Waals surface area contributed by atoms with E-state index in [1.165, 1.54) is 0 Å². The zero-order chi connectivity index (χ0) is 23.7. The molecule has 0 fully saturated rings. The van der Waals surface area contributed by atoms with Crippen molar-refractivity contribution in [3.8, 4) is 11.5 Å². The van der Waals surface area contributed by atoms with Gasteiger partial charge in [-0.15, -0.1) is 0 Å². The fourth-order valence-corrected chi connectivity index (χ4v) is 5.99. The Hall–Kier alpha value is -2.61. The molecule has 0 spiro atoms. The smallest absolute Gasteiger partial charge is 0.174 e. The van der Waals surface area contributed by atoms with E-state index in [0.717, 1.165) is 62.9 Å². The van der Waals surface area contributed by atoms with Gasteiger partial charge < -0.3 is 14.8 Å². The molecule has 2 aromatic rings. The van der Waals surface area contributed by atoms with E-state index in [9.17, 15) is 9.59 Å². The molecule has 1 heterocycles. The van der Waals surface area contributed by atoms with Gasteiger partial charge in [0.05, 0.1) is 10.2 Å². The molecule has 176 valence electrons. The van der Waals surface area contributed by atoms with E-state index in [-0.39, 0.29) is 17.5 Å². The van der Waals surface area contributed by atoms with Gasteiger partial charge >= 0.3 is 0 Å². The maximum absolute atomic E-state index is 13.1. The van der Waals surface area contributed by atoms with Crippen LogP contribution in [0.1, 0.15) is 62.5 Å². The Labute approximate surface area is 213 Å². The summed E-state index contributed by atoms with van der Waals surface area (Å²) in [6.07, 6.45) is 4.44. The number of allylic oxidation sites excluding steroid dienone is 4. The summed E-state index contributed by atoms with van der Waals surface area (Å²) >= 11 is 2.27. The molecule has 0 saturated heterocycles. The standard InChI is InChI=1S/C28H28INO4/c1-2-33-24-15-18(14-19(29)28(24)34-16-17-8-4-3-5-9-17)25-26-20(10-6-12-22(26)31)30-21-11-7-13-23(32)27(21)25/h3-5,8-9,14-15,25,30H,2,6-7,10-13,16H2,1H3. The van der Waals surface area contributed by atoms with E-state index in [0.29, 0.717) is 37.6 Å². The number of hydrogen-bond acceptors (Lipinski definition) is 5. The SMILES string of the molecule is CCOc1cc(C2C3=C(CCCC3=O)NC3=C2C(=O)CCC3)cc(I)c1OCc1ccccc1. The van der Waals surface area contributed by atoms with E-state index >= 15 is 0 Å². The number of dihydropyridines is 1. The molecule has 34 heavy (non-hydrogen) atoms. The van der Waals surface area contributed by atoms with Gasteiger partial charge in [-0.05, 0) is 78.5 Å². The second kappa shape index (κ2) is 9.94. The maximum atomic E-state index is 13.1. The van der Waals surface area contributed by atoms with Crippen LogP contribution in [-0.4, -0.2) is 18.2 Å². The summed E-state index contributed by atoms with van der Waals surface area (Å²) in [4.78, 5) is 26.3. The quantitative estimate of drug-likeness (QED) is 0.435. The number of benzene rings is 2. The Bertz CT molecular complexity index is 1160. The van der Waals surface area contributed by atoms with Crippen molar-refractivity contribution in [2.24, 2.45) is 0 Å². The van der Waals surface area contributed by atoms with E-state index in [1.807, 2.05) is 43.3 Å². The highest BCUT2D eigenvalue weighted by atomic mass is 127. The minimum Gasteiger partial charge on any atom is -0.490 e. The van der Waals surface area contributed by atoms with Gasteiger partial charge in [-0.1, -0.05) is 30.3 Å². The Kier molecular flexibility index (Phi) is 6.77. The van der Waals surface area contributed by atoms with Crippen molar-refractivity contribution >= 4 is 34.2 Å². The first-order valence-corrected chi connectivity index (χ1v) is 13.1. The van der Waals surface area contributed by atoms with Crippen LogP contribution >= 0.6 is 22.6 Å². The summed E-state index contributed by atoms with van der Waals surface area (Å²) in [7, 11) is 0. The Balaban J connectivity index is 1.58. The lowest BCUT2D eigenvalue weighted by Gasteiger charge is -2.37. The number of rotatable bonds is 6.